The van der Waals surface area contributed by atoms with Crippen LogP contribution in [0.25, 0.3) is 28.0 Å². The number of carbonyl (C=O) groups is 2. The molecule has 0 aliphatic carbocycles. The van der Waals surface area contributed by atoms with E-state index < -0.39 is 23.1 Å². The SMILES string of the molecule is CC(C)(C)C(=O)Nc1cc(-c2cnn3c(-c4cccc(NC(=O)c5cccc(C(F)(F)F)c5)c4)ccnc23)ccn1. The Balaban J connectivity index is 1.43. The molecule has 41 heavy (non-hydrogen) atoms. The molecule has 0 spiro atoms. The van der Waals surface area contributed by atoms with Gasteiger partial charge >= 0.3 is 6.18 Å². The summed E-state index contributed by atoms with van der Waals surface area (Å²) >= 11 is 0. The van der Waals surface area contributed by atoms with Crippen LogP contribution in [0.2, 0.25) is 0 Å². The first kappa shape index (κ1) is 27.5. The molecule has 0 fully saturated rings. The van der Waals surface area contributed by atoms with E-state index in [4.69, 9.17) is 0 Å². The molecule has 5 rings (SSSR count). The molecular weight excluding hydrogens is 533 g/mol. The van der Waals surface area contributed by atoms with Crippen LogP contribution in [0.15, 0.2) is 85.3 Å². The van der Waals surface area contributed by atoms with Gasteiger partial charge < -0.3 is 10.6 Å². The number of halogens is 3. The van der Waals surface area contributed by atoms with Gasteiger partial charge in [0.05, 0.1) is 17.5 Å². The highest BCUT2D eigenvalue weighted by molar-refractivity contribution is 6.04. The number of anilines is 2. The fourth-order valence-corrected chi connectivity index (χ4v) is 4.08. The minimum Gasteiger partial charge on any atom is -0.322 e. The molecular formula is C30H25F3N6O2. The van der Waals surface area contributed by atoms with Crippen LogP contribution in [0, 0.1) is 5.41 Å². The highest BCUT2D eigenvalue weighted by Crippen LogP contribution is 2.31. The van der Waals surface area contributed by atoms with Gasteiger partial charge in [0.15, 0.2) is 5.65 Å². The normalized spacial score (nSPS) is 11.9. The van der Waals surface area contributed by atoms with Gasteiger partial charge in [-0.15, -0.1) is 0 Å². The number of hydrogen-bond acceptors (Lipinski definition) is 5. The summed E-state index contributed by atoms with van der Waals surface area (Å²) in [5.41, 5.74) is 2.21. The molecule has 0 radical (unpaired) electrons. The Kier molecular flexibility index (Phi) is 7.04. The smallest absolute Gasteiger partial charge is 0.322 e. The molecule has 5 aromatic rings. The predicted octanol–water partition coefficient (Wildman–Crippen LogP) is 6.71. The van der Waals surface area contributed by atoms with E-state index in [1.165, 1.54) is 12.1 Å². The second-order valence-corrected chi connectivity index (χ2v) is 10.4. The Hall–Kier alpha value is -5.06. The standard InChI is InChI=1S/C30H25F3N6O2/c1-29(2,3)28(41)38-25-16-18(10-12-34-25)23-17-36-39-24(11-13-35-26(23)39)19-6-5-9-22(15-19)37-27(40)20-7-4-8-21(14-20)30(31,32)33/h4-17H,1-3H3,(H,37,40)(H,34,38,41). The van der Waals surface area contributed by atoms with Crippen LogP contribution in [0.4, 0.5) is 24.7 Å². The van der Waals surface area contributed by atoms with Crippen molar-refractivity contribution in [1.29, 1.82) is 0 Å². The first-order valence-electron chi connectivity index (χ1n) is 12.6. The summed E-state index contributed by atoms with van der Waals surface area (Å²) in [4.78, 5) is 33.9. The highest BCUT2D eigenvalue weighted by atomic mass is 19.4. The van der Waals surface area contributed by atoms with E-state index >= 15 is 0 Å². The Labute approximate surface area is 233 Å². The third kappa shape index (κ3) is 5.93. The topological polar surface area (TPSA) is 101 Å². The molecule has 0 bridgehead atoms. The number of pyridine rings is 1. The zero-order valence-electron chi connectivity index (χ0n) is 22.3. The van der Waals surface area contributed by atoms with Gasteiger partial charge in [0.25, 0.3) is 5.91 Å². The number of carbonyl (C=O) groups excluding carboxylic acids is 2. The second-order valence-electron chi connectivity index (χ2n) is 10.4. The lowest BCUT2D eigenvalue weighted by Gasteiger charge is -2.17. The van der Waals surface area contributed by atoms with E-state index in [0.29, 0.717) is 28.4 Å². The van der Waals surface area contributed by atoms with Gasteiger partial charge in [-0.2, -0.15) is 18.3 Å². The number of nitrogens with one attached hydrogen (secondary N) is 2. The fraction of sp³-hybridized carbons (Fsp3) is 0.167. The van der Waals surface area contributed by atoms with E-state index in [0.717, 1.165) is 23.3 Å². The number of fused-ring (bicyclic) bond motifs is 1. The molecule has 3 aromatic heterocycles. The van der Waals surface area contributed by atoms with Gasteiger partial charge in [0.1, 0.15) is 5.82 Å². The zero-order valence-corrected chi connectivity index (χ0v) is 22.3. The molecule has 208 valence electrons. The Morgan fingerprint density at radius 2 is 1.59 bits per heavy atom. The van der Waals surface area contributed by atoms with Crippen LogP contribution in [-0.4, -0.2) is 31.4 Å². The Bertz CT molecular complexity index is 1770. The summed E-state index contributed by atoms with van der Waals surface area (Å²) in [5.74, 6) is -0.425. The van der Waals surface area contributed by atoms with Crippen LogP contribution in [0.1, 0.15) is 36.7 Å². The fourth-order valence-electron chi connectivity index (χ4n) is 4.08. The molecule has 0 aliphatic rings. The first-order chi connectivity index (χ1) is 19.4. The maximum atomic E-state index is 13.1. The highest BCUT2D eigenvalue weighted by Gasteiger charge is 2.31. The van der Waals surface area contributed by atoms with E-state index in [9.17, 15) is 22.8 Å². The van der Waals surface area contributed by atoms with Crippen molar-refractivity contribution in [3.8, 4) is 22.4 Å². The number of hydrogen-bond donors (Lipinski definition) is 2. The molecule has 3 heterocycles. The summed E-state index contributed by atoms with van der Waals surface area (Å²) in [6, 6.07) is 16.5. The number of amides is 2. The number of alkyl halides is 3. The first-order valence-corrected chi connectivity index (χ1v) is 12.6. The van der Waals surface area contributed by atoms with Crippen LogP contribution in [-0.2, 0) is 11.0 Å². The molecule has 2 N–H and O–H groups in total. The lowest BCUT2D eigenvalue weighted by molar-refractivity contribution is -0.137. The number of aromatic nitrogens is 4. The Morgan fingerprint density at radius 3 is 2.34 bits per heavy atom. The summed E-state index contributed by atoms with van der Waals surface area (Å²) < 4.78 is 40.9. The third-order valence-corrected chi connectivity index (χ3v) is 6.26. The average Bonchev–Trinajstić information content (AvgIpc) is 3.37. The molecule has 2 amide bonds. The second kappa shape index (κ2) is 10.5. The van der Waals surface area contributed by atoms with Crippen molar-refractivity contribution in [2.75, 3.05) is 10.6 Å². The molecule has 2 aromatic carbocycles. The van der Waals surface area contributed by atoms with Gasteiger partial charge in [0.2, 0.25) is 5.91 Å². The van der Waals surface area contributed by atoms with Gasteiger partial charge in [-0.05, 0) is 54.1 Å². The van der Waals surface area contributed by atoms with Gasteiger partial charge in [-0.3, -0.25) is 9.59 Å². The van der Waals surface area contributed by atoms with Gasteiger partial charge in [-0.25, -0.2) is 14.5 Å². The number of rotatable bonds is 5. The monoisotopic (exact) mass is 558 g/mol. The van der Waals surface area contributed by atoms with Crippen LogP contribution in [0.5, 0.6) is 0 Å². The van der Waals surface area contributed by atoms with E-state index in [2.05, 4.69) is 25.7 Å². The largest absolute Gasteiger partial charge is 0.416 e. The molecule has 0 atom stereocenters. The van der Waals surface area contributed by atoms with E-state index in [1.807, 2.05) is 26.8 Å². The lowest BCUT2D eigenvalue weighted by Crippen LogP contribution is -2.27. The molecule has 11 heteroatoms. The van der Waals surface area contributed by atoms with Crippen molar-refractivity contribution < 1.29 is 22.8 Å². The summed E-state index contributed by atoms with van der Waals surface area (Å²) in [6.07, 6.45) is 0.338. The maximum Gasteiger partial charge on any atom is 0.416 e. The minimum absolute atomic E-state index is 0.108. The molecule has 0 aliphatic heterocycles. The molecule has 0 saturated heterocycles. The predicted molar refractivity (Wildman–Crippen MR) is 149 cm³/mol. The number of benzene rings is 2. The maximum absolute atomic E-state index is 13.1. The van der Waals surface area contributed by atoms with Crippen molar-refractivity contribution in [3.05, 3.63) is 96.4 Å². The third-order valence-electron chi connectivity index (χ3n) is 6.26. The lowest BCUT2D eigenvalue weighted by atomic mass is 9.96. The molecule has 8 nitrogen and oxygen atoms in total. The van der Waals surface area contributed by atoms with Crippen molar-refractivity contribution in [1.82, 2.24) is 19.6 Å². The summed E-state index contributed by atoms with van der Waals surface area (Å²) in [5, 5.41) is 10.0. The van der Waals surface area contributed by atoms with E-state index in [-0.39, 0.29) is 11.5 Å². The van der Waals surface area contributed by atoms with E-state index in [1.54, 1.807) is 59.5 Å². The van der Waals surface area contributed by atoms with Crippen molar-refractivity contribution in [3.63, 3.8) is 0 Å². The van der Waals surface area contributed by atoms with Crippen LogP contribution < -0.4 is 10.6 Å². The minimum atomic E-state index is -4.55. The van der Waals surface area contributed by atoms with Crippen molar-refractivity contribution in [2.45, 2.75) is 26.9 Å². The zero-order chi connectivity index (χ0) is 29.4. The summed E-state index contributed by atoms with van der Waals surface area (Å²) in [7, 11) is 0. The van der Waals surface area contributed by atoms with Crippen LogP contribution >= 0.6 is 0 Å². The van der Waals surface area contributed by atoms with Gasteiger partial charge in [0, 0.05) is 40.2 Å². The quantitative estimate of drug-likeness (QED) is 0.250. The van der Waals surface area contributed by atoms with Crippen LogP contribution in [0.3, 0.4) is 0 Å². The molecule has 0 saturated carbocycles. The summed E-state index contributed by atoms with van der Waals surface area (Å²) in [6.45, 7) is 5.44. The Morgan fingerprint density at radius 1 is 0.829 bits per heavy atom. The van der Waals surface area contributed by atoms with Crippen molar-refractivity contribution in [2.24, 2.45) is 5.41 Å². The van der Waals surface area contributed by atoms with Crippen molar-refractivity contribution >= 4 is 29.0 Å². The van der Waals surface area contributed by atoms with Gasteiger partial charge in [-0.1, -0.05) is 39.0 Å². The average molecular weight is 559 g/mol. The number of nitrogens with zero attached hydrogens (tertiary/aromatic N) is 4. The molecule has 0 unspecified atom stereocenters.